The average molecular weight is 251 g/mol. The number of hydrogen-bond acceptors (Lipinski definition) is 2. The van der Waals surface area contributed by atoms with Crippen LogP contribution in [0.15, 0.2) is 0 Å². The summed E-state index contributed by atoms with van der Waals surface area (Å²) >= 11 is 6.24. The van der Waals surface area contributed by atoms with Gasteiger partial charge in [-0.05, 0) is 20.3 Å². The summed E-state index contributed by atoms with van der Waals surface area (Å²) in [6.07, 6.45) is 8.32. The molecule has 0 atom stereocenters. The van der Waals surface area contributed by atoms with Crippen molar-refractivity contribution in [3.05, 3.63) is 0 Å². The highest BCUT2D eigenvalue weighted by Gasteiger charge is 2.27. The second-order valence-electron chi connectivity index (χ2n) is 4.04. The van der Waals surface area contributed by atoms with E-state index in [0.29, 0.717) is 13.2 Å². The fourth-order valence-corrected chi connectivity index (χ4v) is 2.09. The first-order valence-corrected chi connectivity index (χ1v) is 7.03. The van der Waals surface area contributed by atoms with E-state index in [-0.39, 0.29) is 0 Å². The van der Waals surface area contributed by atoms with Crippen LogP contribution >= 0.6 is 11.6 Å². The van der Waals surface area contributed by atoms with Gasteiger partial charge in [0.15, 0.2) is 0 Å². The molecule has 2 nitrogen and oxygen atoms in total. The van der Waals surface area contributed by atoms with Gasteiger partial charge in [-0.2, -0.15) is 0 Å². The van der Waals surface area contributed by atoms with Crippen molar-refractivity contribution in [1.29, 1.82) is 0 Å². The minimum atomic E-state index is -0.881. The Morgan fingerprint density at radius 2 is 1.31 bits per heavy atom. The highest BCUT2D eigenvalue weighted by atomic mass is 35.5. The first kappa shape index (κ1) is 16.2. The minimum Gasteiger partial charge on any atom is -0.338 e. The molecule has 0 aromatic carbocycles. The Hall–Kier alpha value is 0.210. The third-order valence-corrected chi connectivity index (χ3v) is 2.96. The van der Waals surface area contributed by atoms with Crippen LogP contribution in [-0.2, 0) is 9.47 Å². The molecule has 0 aromatic rings. The van der Waals surface area contributed by atoms with Crippen LogP contribution in [0.5, 0.6) is 0 Å². The van der Waals surface area contributed by atoms with Gasteiger partial charge in [-0.25, -0.2) is 0 Å². The van der Waals surface area contributed by atoms with Gasteiger partial charge < -0.3 is 9.47 Å². The van der Waals surface area contributed by atoms with Crippen molar-refractivity contribution in [1.82, 2.24) is 0 Å². The molecule has 16 heavy (non-hydrogen) atoms. The topological polar surface area (TPSA) is 18.5 Å². The lowest BCUT2D eigenvalue weighted by Crippen LogP contribution is -2.29. The number of alkyl halides is 1. The Labute approximate surface area is 106 Å². The highest BCUT2D eigenvalue weighted by molar-refractivity contribution is 6.21. The summed E-state index contributed by atoms with van der Waals surface area (Å²) in [6, 6.07) is 0. The van der Waals surface area contributed by atoms with Gasteiger partial charge in [0.2, 0.25) is 5.25 Å². The van der Waals surface area contributed by atoms with Crippen LogP contribution in [-0.4, -0.2) is 18.5 Å². The molecule has 0 rings (SSSR count). The molecule has 0 radical (unpaired) electrons. The van der Waals surface area contributed by atoms with Crippen LogP contribution in [0.3, 0.4) is 0 Å². The number of halogens is 1. The van der Waals surface area contributed by atoms with Gasteiger partial charge in [0.05, 0.1) is 0 Å². The van der Waals surface area contributed by atoms with E-state index in [0.717, 1.165) is 12.8 Å². The molecule has 0 heterocycles. The summed E-state index contributed by atoms with van der Waals surface area (Å²) in [5.41, 5.74) is 0. The van der Waals surface area contributed by atoms with Crippen LogP contribution in [0.4, 0.5) is 0 Å². The molecule has 0 spiro atoms. The zero-order valence-electron chi connectivity index (χ0n) is 11.1. The minimum absolute atomic E-state index is 0.597. The third kappa shape index (κ3) is 8.37. The lowest BCUT2D eigenvalue weighted by Gasteiger charge is -2.26. The Balaban J connectivity index is 3.59. The Morgan fingerprint density at radius 1 is 0.812 bits per heavy atom. The fraction of sp³-hybridized carbons (Fsp3) is 1.00. The first-order chi connectivity index (χ1) is 7.68. The van der Waals surface area contributed by atoms with Gasteiger partial charge in [-0.15, -0.1) is 0 Å². The molecule has 0 unspecified atom stereocenters. The van der Waals surface area contributed by atoms with E-state index in [1.807, 2.05) is 13.8 Å². The summed E-state index contributed by atoms with van der Waals surface area (Å²) in [5.74, 6) is 0. The molecule has 98 valence electrons. The molecule has 0 aromatic heterocycles. The summed E-state index contributed by atoms with van der Waals surface area (Å²) in [6.45, 7) is 7.31. The highest BCUT2D eigenvalue weighted by Crippen LogP contribution is 2.26. The van der Waals surface area contributed by atoms with Crippen molar-refractivity contribution in [3.8, 4) is 0 Å². The standard InChI is InChI=1S/C13H27ClO2/c1-4-7-8-9-10-11-12-13(14,15-5-2)16-6-3/h4-12H2,1-3H3. The molecular weight excluding hydrogens is 224 g/mol. The molecule has 0 saturated carbocycles. The van der Waals surface area contributed by atoms with Crippen molar-refractivity contribution in [2.24, 2.45) is 0 Å². The van der Waals surface area contributed by atoms with Crippen molar-refractivity contribution < 1.29 is 9.47 Å². The van der Waals surface area contributed by atoms with Gasteiger partial charge >= 0.3 is 0 Å². The van der Waals surface area contributed by atoms with Gasteiger partial charge in [0.1, 0.15) is 0 Å². The fourth-order valence-electron chi connectivity index (χ4n) is 1.73. The monoisotopic (exact) mass is 250 g/mol. The molecule has 0 aliphatic rings. The van der Waals surface area contributed by atoms with Crippen molar-refractivity contribution in [2.45, 2.75) is 71.0 Å². The van der Waals surface area contributed by atoms with Gasteiger partial charge in [-0.1, -0.05) is 50.6 Å². The summed E-state index contributed by atoms with van der Waals surface area (Å²) in [5, 5.41) is -0.881. The van der Waals surface area contributed by atoms with E-state index in [1.165, 1.54) is 32.1 Å². The molecule has 0 amide bonds. The van der Waals surface area contributed by atoms with Crippen molar-refractivity contribution in [3.63, 3.8) is 0 Å². The Kier molecular flexibility index (Phi) is 10.5. The van der Waals surface area contributed by atoms with Crippen molar-refractivity contribution >= 4 is 11.6 Å². The summed E-state index contributed by atoms with van der Waals surface area (Å²) in [7, 11) is 0. The summed E-state index contributed by atoms with van der Waals surface area (Å²) in [4.78, 5) is 0. The lowest BCUT2D eigenvalue weighted by molar-refractivity contribution is -0.176. The SMILES string of the molecule is CCCCCCCCC(Cl)(OCC)OCC. The molecule has 0 aliphatic heterocycles. The molecule has 0 aliphatic carbocycles. The Bertz CT molecular complexity index is 145. The lowest BCUT2D eigenvalue weighted by atomic mass is 10.1. The second-order valence-corrected chi connectivity index (χ2v) is 4.62. The smallest absolute Gasteiger partial charge is 0.248 e. The van der Waals surface area contributed by atoms with Crippen molar-refractivity contribution in [2.75, 3.05) is 13.2 Å². The molecule has 0 N–H and O–H groups in total. The average Bonchev–Trinajstić information content (AvgIpc) is 2.24. The first-order valence-electron chi connectivity index (χ1n) is 6.65. The maximum Gasteiger partial charge on any atom is 0.248 e. The zero-order chi connectivity index (χ0) is 12.3. The normalized spacial score (nSPS) is 12.0. The molecule has 0 saturated heterocycles. The number of unbranched alkanes of at least 4 members (excludes halogenated alkanes) is 5. The number of hydrogen-bond donors (Lipinski definition) is 0. The Morgan fingerprint density at radius 3 is 1.81 bits per heavy atom. The van der Waals surface area contributed by atoms with Gasteiger partial charge in [-0.3, -0.25) is 0 Å². The van der Waals surface area contributed by atoms with E-state index in [4.69, 9.17) is 21.1 Å². The van der Waals surface area contributed by atoms with E-state index in [1.54, 1.807) is 0 Å². The van der Waals surface area contributed by atoms with E-state index in [2.05, 4.69) is 6.92 Å². The molecule has 3 heteroatoms. The predicted molar refractivity (Wildman–Crippen MR) is 69.8 cm³/mol. The largest absolute Gasteiger partial charge is 0.338 e. The van der Waals surface area contributed by atoms with Gasteiger partial charge in [0.25, 0.3) is 0 Å². The van der Waals surface area contributed by atoms with E-state index in [9.17, 15) is 0 Å². The number of ether oxygens (including phenoxy) is 2. The van der Waals surface area contributed by atoms with Crippen LogP contribution in [0.25, 0.3) is 0 Å². The quantitative estimate of drug-likeness (QED) is 0.301. The molecule has 0 fully saturated rings. The van der Waals surface area contributed by atoms with Crippen LogP contribution in [0.2, 0.25) is 0 Å². The van der Waals surface area contributed by atoms with Crippen LogP contribution in [0, 0.1) is 0 Å². The van der Waals surface area contributed by atoms with Gasteiger partial charge in [0, 0.05) is 19.6 Å². The molecule has 0 bridgehead atoms. The maximum atomic E-state index is 6.24. The molecular formula is C13H27ClO2. The van der Waals surface area contributed by atoms with E-state index >= 15 is 0 Å². The van der Waals surface area contributed by atoms with E-state index < -0.39 is 5.25 Å². The second kappa shape index (κ2) is 10.4. The summed E-state index contributed by atoms with van der Waals surface area (Å²) < 4.78 is 10.9. The van der Waals surface area contributed by atoms with Crippen LogP contribution < -0.4 is 0 Å². The zero-order valence-corrected chi connectivity index (χ0v) is 11.8. The maximum absolute atomic E-state index is 6.24. The predicted octanol–water partition coefficient (Wildman–Crippen LogP) is 4.70. The third-order valence-electron chi connectivity index (χ3n) is 2.55. The van der Waals surface area contributed by atoms with Crippen LogP contribution in [0.1, 0.15) is 65.7 Å². The number of rotatable bonds is 11.